The van der Waals surface area contributed by atoms with Crippen molar-refractivity contribution in [1.29, 1.82) is 0 Å². The van der Waals surface area contributed by atoms with Gasteiger partial charge >= 0.3 is 12.1 Å². The lowest BCUT2D eigenvalue weighted by Gasteiger charge is -2.31. The van der Waals surface area contributed by atoms with E-state index < -0.39 is 34.5 Å². The van der Waals surface area contributed by atoms with E-state index in [1.165, 1.54) is 4.90 Å². The van der Waals surface area contributed by atoms with Gasteiger partial charge in [0.1, 0.15) is 17.7 Å². The van der Waals surface area contributed by atoms with E-state index in [1.54, 1.807) is 32.5 Å². The number of aliphatic carboxylic acids is 1. The zero-order chi connectivity index (χ0) is 29.5. The van der Waals surface area contributed by atoms with Gasteiger partial charge in [0.15, 0.2) is 0 Å². The Morgan fingerprint density at radius 2 is 1.66 bits per heavy atom. The number of carboxylic acid groups (broad SMARTS) is 1. The van der Waals surface area contributed by atoms with Crippen LogP contribution in [0.4, 0.5) is 4.79 Å². The molecular formula is C33H42N2O5S. The summed E-state index contributed by atoms with van der Waals surface area (Å²) in [5, 5.41) is 13.1. The first-order valence-electron chi connectivity index (χ1n) is 14.6. The molecule has 0 aliphatic carbocycles. The molecule has 0 spiro atoms. The molecule has 220 valence electrons. The number of amides is 2. The number of alkyl carbamates (subject to hydrolysis) is 1. The zero-order valence-electron chi connectivity index (χ0n) is 24.3. The summed E-state index contributed by atoms with van der Waals surface area (Å²) in [5.74, 6) is -0.680. The van der Waals surface area contributed by atoms with Gasteiger partial charge in [0, 0.05) is 12.3 Å². The first-order valence-corrected chi connectivity index (χ1v) is 15.5. The number of fused-ring (bicyclic) bond motifs is 2. The molecule has 2 aromatic rings. The van der Waals surface area contributed by atoms with Gasteiger partial charge in [0.2, 0.25) is 5.91 Å². The van der Waals surface area contributed by atoms with Gasteiger partial charge in [-0.1, -0.05) is 86.0 Å². The Hall–Kier alpha value is -3.26. The smallest absolute Gasteiger partial charge is 0.408 e. The molecule has 2 aromatic carbocycles. The lowest BCUT2D eigenvalue weighted by molar-refractivity contribution is -0.149. The second kappa shape index (κ2) is 13.6. The maximum atomic E-state index is 14.0. The maximum absolute atomic E-state index is 14.0. The summed E-state index contributed by atoms with van der Waals surface area (Å²) in [7, 11) is 0. The fourth-order valence-corrected chi connectivity index (χ4v) is 6.94. The second-order valence-electron chi connectivity index (χ2n) is 11.9. The van der Waals surface area contributed by atoms with Crippen molar-refractivity contribution in [2.45, 2.75) is 88.1 Å². The molecule has 4 rings (SSSR count). The van der Waals surface area contributed by atoms with Crippen molar-refractivity contribution in [1.82, 2.24) is 10.2 Å². The molecule has 2 bridgehead atoms. The zero-order valence-corrected chi connectivity index (χ0v) is 25.1. The number of nitrogens with one attached hydrogen (secondary N) is 1. The molecule has 3 atom stereocenters. The van der Waals surface area contributed by atoms with Crippen LogP contribution in [-0.4, -0.2) is 58.0 Å². The van der Waals surface area contributed by atoms with Crippen LogP contribution in [0.15, 0.2) is 66.7 Å². The molecule has 1 unspecified atom stereocenters. The highest BCUT2D eigenvalue weighted by Crippen LogP contribution is 2.48. The van der Waals surface area contributed by atoms with Crippen LogP contribution in [0.3, 0.4) is 0 Å². The van der Waals surface area contributed by atoms with E-state index in [0.717, 1.165) is 48.8 Å². The van der Waals surface area contributed by atoms with Crippen molar-refractivity contribution in [2.75, 3.05) is 12.3 Å². The summed E-state index contributed by atoms with van der Waals surface area (Å²) < 4.78 is 4.85. The molecular weight excluding hydrogens is 536 g/mol. The predicted octanol–water partition coefficient (Wildman–Crippen LogP) is 6.77. The third-order valence-corrected chi connectivity index (χ3v) is 9.08. The normalized spacial score (nSPS) is 24.3. The number of ether oxygens (including phenoxy) is 1. The molecule has 2 aliphatic rings. The van der Waals surface area contributed by atoms with E-state index in [9.17, 15) is 19.5 Å². The van der Waals surface area contributed by atoms with Gasteiger partial charge in [0.05, 0.1) is 4.75 Å². The SMILES string of the molecule is CC(C)(C)OC(=O)N[C@H]1CCCCCCC=CCS[C@@]2(c3ccc(-c4ccccc4)cc3)CC(C(=O)O)N(C2)C1=O. The Kier molecular flexibility index (Phi) is 10.2. The van der Waals surface area contributed by atoms with Crippen LogP contribution >= 0.6 is 11.8 Å². The van der Waals surface area contributed by atoms with Crippen LogP contribution in [0.2, 0.25) is 0 Å². The number of thioether (sulfide) groups is 1. The Morgan fingerprint density at radius 3 is 2.34 bits per heavy atom. The summed E-state index contributed by atoms with van der Waals surface area (Å²) in [6.07, 6.45) is 9.20. The summed E-state index contributed by atoms with van der Waals surface area (Å²) >= 11 is 1.69. The lowest BCUT2D eigenvalue weighted by atomic mass is 9.93. The van der Waals surface area contributed by atoms with E-state index in [0.29, 0.717) is 12.2 Å². The number of hydrogen-bond acceptors (Lipinski definition) is 5. The molecule has 41 heavy (non-hydrogen) atoms. The van der Waals surface area contributed by atoms with Crippen LogP contribution < -0.4 is 5.32 Å². The number of carbonyl (C=O) groups is 3. The van der Waals surface area contributed by atoms with Crippen molar-refractivity contribution >= 4 is 29.7 Å². The van der Waals surface area contributed by atoms with Crippen LogP contribution in [-0.2, 0) is 19.1 Å². The Balaban J connectivity index is 1.67. The largest absolute Gasteiger partial charge is 0.480 e. The molecule has 7 nitrogen and oxygen atoms in total. The average molecular weight is 579 g/mol. The summed E-state index contributed by atoms with van der Waals surface area (Å²) in [6, 6.07) is 16.5. The van der Waals surface area contributed by atoms with Crippen LogP contribution in [0.25, 0.3) is 11.1 Å². The van der Waals surface area contributed by atoms with Gasteiger partial charge in [-0.2, -0.15) is 0 Å². The maximum Gasteiger partial charge on any atom is 0.408 e. The highest BCUT2D eigenvalue weighted by atomic mass is 32.2. The van der Waals surface area contributed by atoms with Gasteiger partial charge in [-0.15, -0.1) is 11.8 Å². The van der Waals surface area contributed by atoms with Gasteiger partial charge in [-0.3, -0.25) is 4.79 Å². The standard InChI is InChI=1S/C33H42N2O5S/c1-32(2,3)40-31(39)34-27-16-12-7-5-4-6-8-13-21-41-33(22-28(30(37)38)35(23-33)29(27)36)26-19-17-25(18-20-26)24-14-10-9-11-15-24/h8-11,13-15,17-20,27-28H,4-7,12,16,21-23H2,1-3H3,(H,34,39)(H,37,38)/t27-,28?,33-/m0/s1. The average Bonchev–Trinajstić information content (AvgIpc) is 3.33. The second-order valence-corrected chi connectivity index (χ2v) is 13.3. The predicted molar refractivity (Wildman–Crippen MR) is 164 cm³/mol. The minimum Gasteiger partial charge on any atom is -0.480 e. The Morgan fingerprint density at radius 1 is 0.976 bits per heavy atom. The van der Waals surface area contributed by atoms with Gasteiger partial charge < -0.3 is 20.1 Å². The first-order chi connectivity index (χ1) is 19.6. The Bertz CT molecular complexity index is 1220. The fourth-order valence-electron chi connectivity index (χ4n) is 5.58. The van der Waals surface area contributed by atoms with E-state index >= 15 is 0 Å². The van der Waals surface area contributed by atoms with Gasteiger partial charge in [-0.25, -0.2) is 9.59 Å². The first kappa shape index (κ1) is 30.7. The quantitative estimate of drug-likeness (QED) is 0.389. The van der Waals surface area contributed by atoms with Gasteiger partial charge in [0.25, 0.3) is 0 Å². The van der Waals surface area contributed by atoms with E-state index in [2.05, 4.69) is 53.9 Å². The lowest BCUT2D eigenvalue weighted by Crippen LogP contribution is -2.52. The minimum absolute atomic E-state index is 0.249. The van der Waals surface area contributed by atoms with Gasteiger partial charge in [-0.05, 0) is 63.1 Å². The summed E-state index contributed by atoms with van der Waals surface area (Å²) in [5.41, 5.74) is 2.47. The van der Waals surface area contributed by atoms with Crippen molar-refractivity contribution in [2.24, 2.45) is 0 Å². The molecule has 1 fully saturated rings. The third kappa shape index (κ3) is 8.15. The Labute approximate surface area is 247 Å². The highest BCUT2D eigenvalue weighted by molar-refractivity contribution is 8.00. The molecule has 1 saturated heterocycles. The topological polar surface area (TPSA) is 95.9 Å². The fraction of sp³-hybridized carbons (Fsp3) is 0.485. The molecule has 8 heteroatoms. The van der Waals surface area contributed by atoms with E-state index in [-0.39, 0.29) is 18.9 Å². The molecule has 0 saturated carbocycles. The molecule has 2 aliphatic heterocycles. The van der Waals surface area contributed by atoms with Crippen LogP contribution in [0.1, 0.15) is 71.3 Å². The number of carbonyl (C=O) groups excluding carboxylic acids is 2. The highest BCUT2D eigenvalue weighted by Gasteiger charge is 2.51. The van der Waals surface area contributed by atoms with Crippen molar-refractivity contribution in [3.63, 3.8) is 0 Å². The van der Waals surface area contributed by atoms with Crippen molar-refractivity contribution < 1.29 is 24.2 Å². The number of hydrogen-bond donors (Lipinski definition) is 2. The summed E-state index contributed by atoms with van der Waals surface area (Å²) in [6.45, 7) is 5.57. The number of benzene rings is 2. The van der Waals surface area contributed by atoms with Crippen LogP contribution in [0, 0.1) is 0 Å². The molecule has 2 amide bonds. The molecule has 0 radical (unpaired) electrons. The summed E-state index contributed by atoms with van der Waals surface area (Å²) in [4.78, 5) is 40.8. The van der Waals surface area contributed by atoms with E-state index in [4.69, 9.17) is 4.74 Å². The minimum atomic E-state index is -1.03. The number of allylic oxidation sites excluding steroid dienone is 1. The van der Waals surface area contributed by atoms with Crippen molar-refractivity contribution in [3.05, 3.63) is 72.3 Å². The number of carboxylic acids is 1. The van der Waals surface area contributed by atoms with E-state index in [1.807, 2.05) is 18.2 Å². The third-order valence-electron chi connectivity index (χ3n) is 7.64. The van der Waals surface area contributed by atoms with Crippen LogP contribution in [0.5, 0.6) is 0 Å². The molecule has 2 heterocycles. The number of nitrogens with zero attached hydrogens (tertiary/aromatic N) is 1. The van der Waals surface area contributed by atoms with Crippen molar-refractivity contribution in [3.8, 4) is 11.1 Å². The number of rotatable bonds is 4. The molecule has 0 aromatic heterocycles. The molecule has 2 N–H and O–H groups in total. The monoisotopic (exact) mass is 578 g/mol.